The average molecular weight is 221 g/mol. The number of benzene rings is 1. The molecule has 0 heterocycles. The van der Waals surface area contributed by atoms with Crippen molar-refractivity contribution in [2.75, 3.05) is 11.9 Å². The van der Waals surface area contributed by atoms with E-state index in [4.69, 9.17) is 5.11 Å². The Morgan fingerprint density at radius 3 is 2.88 bits per heavy atom. The second kappa shape index (κ2) is 5.92. The Morgan fingerprint density at radius 1 is 1.50 bits per heavy atom. The summed E-state index contributed by atoms with van der Waals surface area (Å²) in [5, 5.41) is 20.8. The van der Waals surface area contributed by atoms with Gasteiger partial charge in [0.25, 0.3) is 0 Å². The Morgan fingerprint density at radius 2 is 2.25 bits per heavy atom. The van der Waals surface area contributed by atoms with Gasteiger partial charge in [0, 0.05) is 19.1 Å². The number of aromatic hydroxyl groups is 1. The Kier molecular flexibility index (Phi) is 4.54. The molecule has 0 bridgehead atoms. The van der Waals surface area contributed by atoms with Gasteiger partial charge in [0.2, 0.25) is 5.91 Å². The molecule has 1 aromatic carbocycles. The first-order chi connectivity index (χ1) is 7.65. The summed E-state index contributed by atoms with van der Waals surface area (Å²) in [6.45, 7) is 1.46. The molecule has 0 saturated heterocycles. The third-order valence-electron chi connectivity index (χ3n) is 1.97. The highest BCUT2D eigenvalue weighted by Crippen LogP contribution is 2.28. The maximum absolute atomic E-state index is 11.0. The molecule has 0 spiro atoms. The Bertz CT molecular complexity index is 399. The zero-order valence-corrected chi connectivity index (χ0v) is 9.10. The average Bonchev–Trinajstić information content (AvgIpc) is 2.23. The van der Waals surface area contributed by atoms with Gasteiger partial charge in [-0.25, -0.2) is 0 Å². The van der Waals surface area contributed by atoms with E-state index >= 15 is 0 Å². The van der Waals surface area contributed by atoms with E-state index in [-0.39, 0.29) is 18.3 Å². The summed E-state index contributed by atoms with van der Waals surface area (Å²) in [5.74, 6) is -0.209. The SMILES string of the molecule is CC(=O)Nc1c(O)cccc1C=CCCO. The molecule has 1 rings (SSSR count). The largest absolute Gasteiger partial charge is 0.506 e. The van der Waals surface area contributed by atoms with Crippen LogP contribution in [0, 0.1) is 0 Å². The Hall–Kier alpha value is -1.81. The van der Waals surface area contributed by atoms with Gasteiger partial charge in [-0.3, -0.25) is 4.79 Å². The first-order valence-electron chi connectivity index (χ1n) is 5.02. The Labute approximate surface area is 94.2 Å². The summed E-state index contributed by atoms with van der Waals surface area (Å²) >= 11 is 0. The van der Waals surface area contributed by atoms with E-state index in [0.717, 1.165) is 0 Å². The molecule has 3 N–H and O–H groups in total. The molecule has 86 valence electrons. The van der Waals surface area contributed by atoms with Gasteiger partial charge in [-0.05, 0) is 12.5 Å². The molecular formula is C12H15NO3. The van der Waals surface area contributed by atoms with E-state index in [1.54, 1.807) is 24.3 Å². The summed E-state index contributed by atoms with van der Waals surface area (Å²) < 4.78 is 0. The van der Waals surface area contributed by atoms with E-state index in [1.165, 1.54) is 13.0 Å². The van der Waals surface area contributed by atoms with Crippen molar-refractivity contribution in [1.82, 2.24) is 0 Å². The van der Waals surface area contributed by atoms with Crippen molar-refractivity contribution < 1.29 is 15.0 Å². The van der Waals surface area contributed by atoms with Crippen LogP contribution in [-0.2, 0) is 4.79 Å². The van der Waals surface area contributed by atoms with Crippen molar-refractivity contribution in [3.8, 4) is 5.75 Å². The molecule has 0 aliphatic rings. The zero-order chi connectivity index (χ0) is 12.0. The molecule has 16 heavy (non-hydrogen) atoms. The molecule has 4 nitrogen and oxygen atoms in total. The van der Waals surface area contributed by atoms with Gasteiger partial charge in [0.1, 0.15) is 5.75 Å². The van der Waals surface area contributed by atoms with Crippen molar-refractivity contribution in [2.45, 2.75) is 13.3 Å². The molecule has 1 amide bonds. The van der Waals surface area contributed by atoms with Crippen LogP contribution in [-0.4, -0.2) is 22.7 Å². The van der Waals surface area contributed by atoms with Gasteiger partial charge in [0.15, 0.2) is 0 Å². The molecule has 0 saturated carbocycles. The highest BCUT2D eigenvalue weighted by atomic mass is 16.3. The van der Waals surface area contributed by atoms with Crippen LogP contribution in [0.5, 0.6) is 5.75 Å². The third-order valence-corrected chi connectivity index (χ3v) is 1.97. The van der Waals surface area contributed by atoms with Crippen molar-refractivity contribution in [2.24, 2.45) is 0 Å². The number of hydrogen-bond acceptors (Lipinski definition) is 3. The topological polar surface area (TPSA) is 69.6 Å². The number of amides is 1. The number of rotatable bonds is 4. The van der Waals surface area contributed by atoms with E-state index < -0.39 is 0 Å². The fraction of sp³-hybridized carbons (Fsp3) is 0.250. The summed E-state index contributed by atoms with van der Waals surface area (Å²) in [4.78, 5) is 11.0. The molecule has 0 atom stereocenters. The predicted molar refractivity (Wildman–Crippen MR) is 63.1 cm³/mol. The molecular weight excluding hydrogens is 206 g/mol. The van der Waals surface area contributed by atoms with Crippen LogP contribution in [0.25, 0.3) is 6.08 Å². The van der Waals surface area contributed by atoms with Crippen molar-refractivity contribution in [1.29, 1.82) is 0 Å². The smallest absolute Gasteiger partial charge is 0.221 e. The lowest BCUT2D eigenvalue weighted by Crippen LogP contribution is -2.07. The number of nitrogens with one attached hydrogen (secondary N) is 1. The van der Waals surface area contributed by atoms with Crippen LogP contribution >= 0.6 is 0 Å². The minimum Gasteiger partial charge on any atom is -0.506 e. The first-order valence-corrected chi connectivity index (χ1v) is 5.02. The van der Waals surface area contributed by atoms with Crippen molar-refractivity contribution in [3.63, 3.8) is 0 Å². The molecule has 0 fully saturated rings. The fourth-order valence-corrected chi connectivity index (χ4v) is 1.29. The maximum atomic E-state index is 11.0. The van der Waals surface area contributed by atoms with Gasteiger partial charge < -0.3 is 15.5 Å². The number of phenolic OH excluding ortho intramolecular Hbond substituents is 1. The monoisotopic (exact) mass is 221 g/mol. The van der Waals surface area contributed by atoms with Crippen LogP contribution < -0.4 is 5.32 Å². The minimum absolute atomic E-state index is 0.0290. The molecule has 4 heteroatoms. The second-order valence-electron chi connectivity index (χ2n) is 3.34. The summed E-state index contributed by atoms with van der Waals surface area (Å²) in [5.41, 5.74) is 1.10. The quantitative estimate of drug-likeness (QED) is 0.678. The number of aliphatic hydroxyl groups is 1. The van der Waals surface area contributed by atoms with Gasteiger partial charge in [-0.15, -0.1) is 0 Å². The number of anilines is 1. The van der Waals surface area contributed by atoms with Gasteiger partial charge in [0.05, 0.1) is 5.69 Å². The van der Waals surface area contributed by atoms with Crippen molar-refractivity contribution in [3.05, 3.63) is 29.8 Å². The van der Waals surface area contributed by atoms with Crippen LogP contribution in [0.15, 0.2) is 24.3 Å². The lowest BCUT2D eigenvalue weighted by molar-refractivity contribution is -0.114. The summed E-state index contributed by atoms with van der Waals surface area (Å²) in [6, 6.07) is 4.98. The van der Waals surface area contributed by atoms with E-state index in [9.17, 15) is 9.90 Å². The summed E-state index contributed by atoms with van der Waals surface area (Å²) in [7, 11) is 0. The minimum atomic E-state index is -0.238. The van der Waals surface area contributed by atoms with Crippen LogP contribution in [0.2, 0.25) is 0 Å². The highest BCUT2D eigenvalue weighted by Gasteiger charge is 2.06. The Balaban J connectivity index is 2.97. The molecule has 0 aliphatic heterocycles. The summed E-state index contributed by atoms with van der Waals surface area (Å²) in [6.07, 6.45) is 4.07. The number of para-hydroxylation sites is 1. The van der Waals surface area contributed by atoms with Gasteiger partial charge in [-0.1, -0.05) is 24.3 Å². The number of hydrogen-bond donors (Lipinski definition) is 3. The third kappa shape index (κ3) is 3.40. The van der Waals surface area contributed by atoms with E-state index in [2.05, 4.69) is 5.32 Å². The zero-order valence-electron chi connectivity index (χ0n) is 9.10. The maximum Gasteiger partial charge on any atom is 0.221 e. The second-order valence-corrected chi connectivity index (χ2v) is 3.34. The normalized spacial score (nSPS) is 10.6. The highest BCUT2D eigenvalue weighted by molar-refractivity contribution is 5.93. The molecule has 0 unspecified atom stereocenters. The molecule has 0 aromatic heterocycles. The van der Waals surface area contributed by atoms with E-state index in [1.807, 2.05) is 0 Å². The number of phenols is 1. The predicted octanol–water partition coefficient (Wildman–Crippen LogP) is 1.75. The molecule has 0 radical (unpaired) electrons. The van der Waals surface area contributed by atoms with Crippen LogP contribution in [0.4, 0.5) is 5.69 Å². The first kappa shape index (κ1) is 12.3. The van der Waals surface area contributed by atoms with Gasteiger partial charge >= 0.3 is 0 Å². The molecule has 1 aromatic rings. The lowest BCUT2D eigenvalue weighted by atomic mass is 10.1. The van der Waals surface area contributed by atoms with Crippen molar-refractivity contribution >= 4 is 17.7 Å². The van der Waals surface area contributed by atoms with Crippen LogP contribution in [0.1, 0.15) is 18.9 Å². The number of carbonyl (C=O) groups is 1. The lowest BCUT2D eigenvalue weighted by Gasteiger charge is -2.08. The number of carbonyl (C=O) groups excluding carboxylic acids is 1. The van der Waals surface area contributed by atoms with E-state index in [0.29, 0.717) is 17.7 Å². The fourth-order valence-electron chi connectivity index (χ4n) is 1.29. The number of aliphatic hydroxyl groups excluding tert-OH is 1. The van der Waals surface area contributed by atoms with Crippen LogP contribution in [0.3, 0.4) is 0 Å². The molecule has 0 aliphatic carbocycles. The standard InChI is InChI=1S/C12H15NO3/c1-9(15)13-12-10(5-2-3-8-14)6-4-7-11(12)16/h2,4-7,14,16H,3,8H2,1H3,(H,13,15). The van der Waals surface area contributed by atoms with Gasteiger partial charge in [-0.2, -0.15) is 0 Å².